The van der Waals surface area contributed by atoms with E-state index >= 15 is 0 Å². The lowest BCUT2D eigenvalue weighted by atomic mass is 9.97. The summed E-state index contributed by atoms with van der Waals surface area (Å²) in [6.45, 7) is 3.33. The van der Waals surface area contributed by atoms with Crippen molar-refractivity contribution in [3.05, 3.63) is 30.3 Å². The number of amides is 1. The van der Waals surface area contributed by atoms with Crippen LogP contribution in [0.25, 0.3) is 11.3 Å². The van der Waals surface area contributed by atoms with E-state index in [-0.39, 0.29) is 17.8 Å². The van der Waals surface area contributed by atoms with Gasteiger partial charge in [-0.3, -0.25) is 9.59 Å². The summed E-state index contributed by atoms with van der Waals surface area (Å²) in [5.41, 5.74) is 0.768. The SMILES string of the molecule is CCOC(=O)C1CCN(C(=O)CCc2ncc(-c3ccc(OC)cc3OC)o2)CC1. The maximum Gasteiger partial charge on any atom is 0.309 e. The average Bonchev–Trinajstić information content (AvgIpc) is 3.26. The highest BCUT2D eigenvalue weighted by molar-refractivity contribution is 5.77. The van der Waals surface area contributed by atoms with E-state index in [0.717, 1.165) is 5.56 Å². The Morgan fingerprint density at radius 1 is 1.20 bits per heavy atom. The standard InChI is InChI=1S/C22H28N2O6/c1-4-29-22(26)15-9-11-24(12-10-15)21(25)8-7-20-23-14-19(30-20)17-6-5-16(27-2)13-18(17)28-3/h5-6,13-15H,4,7-12H2,1-3H3. The molecule has 0 saturated carbocycles. The van der Waals surface area contributed by atoms with Gasteiger partial charge >= 0.3 is 5.97 Å². The first-order valence-corrected chi connectivity index (χ1v) is 10.2. The van der Waals surface area contributed by atoms with Crippen LogP contribution in [0.3, 0.4) is 0 Å². The van der Waals surface area contributed by atoms with Gasteiger partial charge in [-0.2, -0.15) is 0 Å². The van der Waals surface area contributed by atoms with Crippen LogP contribution < -0.4 is 9.47 Å². The van der Waals surface area contributed by atoms with Gasteiger partial charge in [0.25, 0.3) is 0 Å². The molecule has 2 aromatic rings. The molecule has 3 rings (SSSR count). The summed E-state index contributed by atoms with van der Waals surface area (Å²) >= 11 is 0. The molecule has 0 aliphatic carbocycles. The molecule has 8 nitrogen and oxygen atoms in total. The van der Waals surface area contributed by atoms with Gasteiger partial charge in [-0.15, -0.1) is 0 Å². The number of hydrogen-bond donors (Lipinski definition) is 0. The maximum atomic E-state index is 12.5. The molecule has 2 heterocycles. The minimum Gasteiger partial charge on any atom is -0.497 e. The van der Waals surface area contributed by atoms with Gasteiger partial charge in [0.2, 0.25) is 5.91 Å². The predicted molar refractivity (Wildman–Crippen MR) is 109 cm³/mol. The third-order valence-corrected chi connectivity index (χ3v) is 5.25. The van der Waals surface area contributed by atoms with E-state index in [1.807, 2.05) is 12.1 Å². The summed E-state index contributed by atoms with van der Waals surface area (Å²) < 4.78 is 21.5. The lowest BCUT2D eigenvalue weighted by molar-refractivity contribution is -0.151. The second kappa shape index (κ2) is 10.1. The molecule has 8 heteroatoms. The molecule has 1 aromatic heterocycles. The molecular weight excluding hydrogens is 388 g/mol. The number of esters is 1. The Morgan fingerprint density at radius 3 is 2.63 bits per heavy atom. The Labute approximate surface area is 176 Å². The normalized spacial score (nSPS) is 14.4. The summed E-state index contributed by atoms with van der Waals surface area (Å²) in [6, 6.07) is 5.45. The number of oxazole rings is 1. The van der Waals surface area contributed by atoms with Crippen LogP contribution >= 0.6 is 0 Å². The molecule has 0 N–H and O–H groups in total. The van der Waals surface area contributed by atoms with E-state index in [1.165, 1.54) is 0 Å². The first kappa shape index (κ1) is 21.7. The number of aryl methyl sites for hydroxylation is 1. The topological polar surface area (TPSA) is 91.1 Å². The van der Waals surface area contributed by atoms with E-state index in [1.54, 1.807) is 38.3 Å². The Kier molecular flexibility index (Phi) is 7.32. The van der Waals surface area contributed by atoms with Gasteiger partial charge in [-0.1, -0.05) is 0 Å². The molecule has 0 radical (unpaired) electrons. The second-order valence-corrected chi connectivity index (χ2v) is 7.09. The van der Waals surface area contributed by atoms with Crippen molar-refractivity contribution in [1.82, 2.24) is 9.88 Å². The van der Waals surface area contributed by atoms with E-state index in [4.69, 9.17) is 18.6 Å². The lowest BCUT2D eigenvalue weighted by Crippen LogP contribution is -2.40. The van der Waals surface area contributed by atoms with Gasteiger partial charge in [0.15, 0.2) is 11.7 Å². The lowest BCUT2D eigenvalue weighted by Gasteiger charge is -2.30. The Hall–Kier alpha value is -3.03. The van der Waals surface area contributed by atoms with Gasteiger partial charge in [-0.25, -0.2) is 4.98 Å². The van der Waals surface area contributed by atoms with E-state index < -0.39 is 0 Å². The number of hydrogen-bond acceptors (Lipinski definition) is 7. The molecule has 0 atom stereocenters. The molecule has 0 spiro atoms. The largest absolute Gasteiger partial charge is 0.497 e. The maximum absolute atomic E-state index is 12.5. The fraction of sp³-hybridized carbons (Fsp3) is 0.500. The highest BCUT2D eigenvalue weighted by atomic mass is 16.5. The van der Waals surface area contributed by atoms with Crippen molar-refractivity contribution < 1.29 is 28.2 Å². The highest BCUT2D eigenvalue weighted by Crippen LogP contribution is 2.33. The van der Waals surface area contributed by atoms with Crippen LogP contribution in [-0.4, -0.2) is 55.7 Å². The summed E-state index contributed by atoms with van der Waals surface area (Å²) in [7, 11) is 3.18. The molecule has 1 fully saturated rings. The van der Waals surface area contributed by atoms with Crippen molar-refractivity contribution >= 4 is 11.9 Å². The number of benzene rings is 1. The van der Waals surface area contributed by atoms with Gasteiger partial charge in [0, 0.05) is 32.0 Å². The molecule has 0 unspecified atom stereocenters. The third kappa shape index (κ3) is 5.11. The number of aromatic nitrogens is 1. The molecular formula is C22H28N2O6. The van der Waals surface area contributed by atoms with Crippen LogP contribution in [0, 0.1) is 5.92 Å². The highest BCUT2D eigenvalue weighted by Gasteiger charge is 2.28. The zero-order chi connectivity index (χ0) is 21.5. The summed E-state index contributed by atoms with van der Waals surface area (Å²) in [5, 5.41) is 0. The Morgan fingerprint density at radius 2 is 1.97 bits per heavy atom. The first-order chi connectivity index (χ1) is 14.5. The van der Waals surface area contributed by atoms with Gasteiger partial charge in [0.1, 0.15) is 11.5 Å². The van der Waals surface area contributed by atoms with Crippen LogP contribution in [0.5, 0.6) is 11.5 Å². The third-order valence-electron chi connectivity index (χ3n) is 5.25. The molecule has 0 bridgehead atoms. The van der Waals surface area contributed by atoms with Crippen LogP contribution in [0.2, 0.25) is 0 Å². The molecule has 162 valence electrons. The number of methoxy groups -OCH3 is 2. The summed E-state index contributed by atoms with van der Waals surface area (Å²) in [4.78, 5) is 30.4. The van der Waals surface area contributed by atoms with Crippen LogP contribution in [0.15, 0.2) is 28.8 Å². The second-order valence-electron chi connectivity index (χ2n) is 7.09. The van der Waals surface area contributed by atoms with Crippen molar-refractivity contribution in [3.8, 4) is 22.8 Å². The van der Waals surface area contributed by atoms with Gasteiger partial charge in [0.05, 0.1) is 38.5 Å². The van der Waals surface area contributed by atoms with Gasteiger partial charge < -0.3 is 23.5 Å². The Balaban J connectivity index is 1.54. The molecule has 1 saturated heterocycles. The quantitative estimate of drug-likeness (QED) is 0.611. The predicted octanol–water partition coefficient (Wildman–Crippen LogP) is 3.09. The van der Waals surface area contributed by atoms with Gasteiger partial charge in [-0.05, 0) is 31.9 Å². The van der Waals surface area contributed by atoms with Crippen molar-refractivity contribution in [2.24, 2.45) is 5.92 Å². The molecule has 1 aromatic carbocycles. The van der Waals surface area contributed by atoms with E-state index in [2.05, 4.69) is 4.98 Å². The fourth-order valence-corrected chi connectivity index (χ4v) is 3.55. The molecule has 1 aliphatic rings. The van der Waals surface area contributed by atoms with Crippen LogP contribution in [0.1, 0.15) is 32.1 Å². The molecule has 1 amide bonds. The fourth-order valence-electron chi connectivity index (χ4n) is 3.55. The number of rotatable bonds is 8. The number of nitrogens with zero attached hydrogens (tertiary/aromatic N) is 2. The van der Waals surface area contributed by atoms with E-state index in [9.17, 15) is 9.59 Å². The van der Waals surface area contributed by atoms with E-state index in [0.29, 0.717) is 68.5 Å². The molecule has 30 heavy (non-hydrogen) atoms. The van der Waals surface area contributed by atoms with Crippen molar-refractivity contribution in [2.75, 3.05) is 33.9 Å². The number of piperidine rings is 1. The van der Waals surface area contributed by atoms with Crippen molar-refractivity contribution in [1.29, 1.82) is 0 Å². The minimum atomic E-state index is -0.161. The van der Waals surface area contributed by atoms with Crippen molar-refractivity contribution in [3.63, 3.8) is 0 Å². The minimum absolute atomic E-state index is 0.0408. The van der Waals surface area contributed by atoms with Crippen LogP contribution in [-0.2, 0) is 20.7 Å². The zero-order valence-electron chi connectivity index (χ0n) is 17.7. The summed E-state index contributed by atoms with van der Waals surface area (Å²) in [5.74, 6) is 2.16. The smallest absolute Gasteiger partial charge is 0.309 e. The number of likely N-dealkylation sites (tertiary alicyclic amines) is 1. The summed E-state index contributed by atoms with van der Waals surface area (Å²) in [6.07, 6.45) is 3.64. The number of ether oxygens (including phenoxy) is 3. The first-order valence-electron chi connectivity index (χ1n) is 10.2. The molecule has 1 aliphatic heterocycles. The Bertz CT molecular complexity index is 870. The number of carbonyl (C=O) groups is 2. The zero-order valence-corrected chi connectivity index (χ0v) is 17.7. The monoisotopic (exact) mass is 416 g/mol. The number of carbonyl (C=O) groups excluding carboxylic acids is 2. The van der Waals surface area contributed by atoms with Crippen LogP contribution in [0.4, 0.5) is 0 Å². The average molecular weight is 416 g/mol. The van der Waals surface area contributed by atoms with Crippen molar-refractivity contribution in [2.45, 2.75) is 32.6 Å².